The average molecular weight is 2160 g/mol. The Hall–Kier alpha value is -9.93. The van der Waals surface area contributed by atoms with Gasteiger partial charge in [0.05, 0.1) is 46.2 Å². The van der Waals surface area contributed by atoms with Gasteiger partial charge in [-0.2, -0.15) is 12.1 Å². The monoisotopic (exact) mass is 2160 g/mol. The van der Waals surface area contributed by atoms with Crippen molar-refractivity contribution in [2.24, 2.45) is 5.92 Å². The van der Waals surface area contributed by atoms with E-state index in [1.54, 1.807) is 68.5 Å². The number of carbonyl (C=O) groups excluding carboxylic acids is 9. The summed E-state index contributed by atoms with van der Waals surface area (Å²) in [7, 11) is -3.11. The minimum Gasteiger partial charge on any atom is -0.870 e. The Balaban J connectivity index is -0.000000528. The first-order valence-corrected chi connectivity index (χ1v) is 42.0. The number of amides is 4. The molecule has 0 saturated carbocycles. The molecule has 0 unspecified atom stereocenters. The van der Waals surface area contributed by atoms with Crippen molar-refractivity contribution in [1.29, 1.82) is 0 Å². The molecular weight excluding hydrogens is 2070 g/mol. The molecule has 9 N–H and O–H groups in total. The molecule has 0 radical (unpaired) electrons. The maximum absolute atomic E-state index is 12.2. The smallest absolute Gasteiger partial charge is 0.870 e. The van der Waals surface area contributed by atoms with E-state index in [1.807, 2.05) is 168 Å². The number of rotatable bonds is 27. The third-order valence-corrected chi connectivity index (χ3v) is 20.0. The van der Waals surface area contributed by atoms with E-state index in [0.29, 0.717) is 18.5 Å². The van der Waals surface area contributed by atoms with Crippen molar-refractivity contribution in [2.45, 2.75) is 93.9 Å². The van der Waals surface area contributed by atoms with Crippen molar-refractivity contribution in [1.82, 2.24) is 21.3 Å². The number of hydrogen-bond acceptors (Lipinski definition) is 32. The summed E-state index contributed by atoms with van der Waals surface area (Å²) in [6.07, 6.45) is 10.8. The summed E-state index contributed by atoms with van der Waals surface area (Å²) >= 11 is 0. The van der Waals surface area contributed by atoms with Gasteiger partial charge in [-0.1, -0.05) is 238 Å². The molecular formula is C98H92K5N12O31S-5. The zero-order valence-corrected chi connectivity index (χ0v) is 98.0. The Morgan fingerprint density at radius 3 is 1.08 bits per heavy atom. The minimum atomic E-state index is -3.11. The molecule has 43 nitrogen and oxygen atoms in total. The Bertz CT molecular complexity index is 6490. The van der Waals surface area contributed by atoms with Gasteiger partial charge in [0.1, 0.15) is 5.69 Å². The van der Waals surface area contributed by atoms with E-state index in [1.165, 1.54) is 73.0 Å². The van der Waals surface area contributed by atoms with E-state index in [2.05, 4.69) is 33.1 Å². The summed E-state index contributed by atoms with van der Waals surface area (Å²) in [4.78, 5) is 176. The number of benzene rings is 12. The van der Waals surface area contributed by atoms with Crippen LogP contribution in [0, 0.1) is 118 Å². The van der Waals surface area contributed by atoms with E-state index in [-0.39, 0.29) is 392 Å². The number of aryl methyl sites for hydroxylation is 6. The van der Waals surface area contributed by atoms with Gasteiger partial charge in [-0.25, -0.2) is 0 Å². The molecule has 147 heavy (non-hydrogen) atoms. The molecule has 13 rings (SSSR count). The summed E-state index contributed by atoms with van der Waals surface area (Å²) in [5.74, 6) is -1.52. The standard InChI is InChI=1S/4C16H13N2O4.C15H12NO3.C12H16N2O2.C7H7NO2.5K.O3S.5H2O/c1-11-2-4-12(5-3-11)9-17-16(20)15-7-6-14(18(21)22)8-13(15)10-19;1-11-2-4-12(5-3-11)9-17-16(20)15-8-14(18(21)22)7-6-13(15)10-19;1-11-5-7-12(8-6-11)9-17-16(20)13-3-2-4-15(18(21)22)14(13)10-19;1-11-5-7-12(8-6-11)9-17-16(20)15-13(10-19)3-2-4-14(15)18(21)22;1-11-3-2-4-12(7-11)8-13-5-6-15(16(18)19)9-14(13)10-17;1-10-6-8-13(9-7-10)11-4-2-3-5-12(11)14(15)16;1-6-4-2-3-5-7(6)8(9)10;;;;;;1-4(2)3;;;;;/h4*2-8H,9H2,1H3,(H,17,20);2-7,9H,8H2,1H3;2-5,10H,6-9H2,1H3;2-5H,1H3;;;;;;;5*1H2/q5*-1;;;5*+1;;;;;;/p-5. The summed E-state index contributed by atoms with van der Waals surface area (Å²) in [5, 5.41) is 85.6. The number of para-hydroxylation sites is 3. The fraction of sp³-hybridized carbons (Fsp3) is 0.173. The predicted molar refractivity (Wildman–Crippen MR) is 514 cm³/mol. The Morgan fingerprint density at radius 2 is 0.680 bits per heavy atom. The van der Waals surface area contributed by atoms with Gasteiger partial charge in [-0.15, -0.1) is 58.6 Å². The molecule has 12 aromatic rings. The number of anilines is 1. The second kappa shape index (κ2) is 76.6. The molecule has 0 aliphatic carbocycles. The van der Waals surface area contributed by atoms with Crippen LogP contribution in [0.4, 0.5) is 45.5 Å². The van der Waals surface area contributed by atoms with Gasteiger partial charge in [-0.05, 0) is 131 Å². The number of non-ortho nitro benzene ring substituents is 3. The number of piperidine rings is 1. The first kappa shape index (κ1) is 146. The summed E-state index contributed by atoms with van der Waals surface area (Å²) in [6, 6.07) is 70.8. The van der Waals surface area contributed by atoms with Gasteiger partial charge < -0.3 is 77.5 Å². The third kappa shape index (κ3) is 50.0. The van der Waals surface area contributed by atoms with Gasteiger partial charge in [-0.3, -0.25) is 90.0 Å². The maximum atomic E-state index is 12.2. The molecule has 1 aliphatic heterocycles. The first-order valence-electron chi connectivity index (χ1n) is 41.0. The Labute approximate surface area is 1060 Å². The van der Waals surface area contributed by atoms with Crippen LogP contribution >= 0.6 is 0 Å². The molecule has 1 saturated heterocycles. The molecule has 1 fully saturated rings. The van der Waals surface area contributed by atoms with Crippen molar-refractivity contribution < 1.29 is 375 Å². The van der Waals surface area contributed by atoms with Crippen LogP contribution in [0.2, 0.25) is 0 Å². The van der Waals surface area contributed by atoms with Crippen molar-refractivity contribution in [3.63, 3.8) is 0 Å². The van der Waals surface area contributed by atoms with Crippen LogP contribution in [0.25, 0.3) is 0 Å². The number of nitro benzene ring substituents is 7. The molecule has 0 atom stereocenters. The molecule has 12 aromatic carbocycles. The minimum absolute atomic E-state index is 0. The van der Waals surface area contributed by atoms with E-state index >= 15 is 0 Å². The zero-order chi connectivity index (χ0) is 101. The molecule has 0 bridgehead atoms. The largest absolute Gasteiger partial charge is 1.00 e. The van der Waals surface area contributed by atoms with Gasteiger partial charge >= 0.3 is 268 Å². The van der Waals surface area contributed by atoms with Crippen molar-refractivity contribution in [3.8, 4) is 0 Å². The van der Waals surface area contributed by atoms with Gasteiger partial charge in [0, 0.05) is 82.2 Å². The molecule has 49 heteroatoms. The van der Waals surface area contributed by atoms with Crippen LogP contribution in [0.1, 0.15) is 156 Å². The average Bonchev–Trinajstić information content (AvgIpc) is 0.799. The zero-order valence-electron chi connectivity index (χ0n) is 81.6. The van der Waals surface area contributed by atoms with Gasteiger partial charge in [0.15, 0.2) is 23.4 Å². The van der Waals surface area contributed by atoms with Crippen molar-refractivity contribution in [2.75, 3.05) is 18.0 Å². The second-order valence-corrected chi connectivity index (χ2v) is 30.4. The van der Waals surface area contributed by atoms with Crippen LogP contribution in [-0.4, -0.2) is 143 Å². The fourth-order valence-electron chi connectivity index (χ4n) is 12.7. The topological polar surface area (TPSA) is 708 Å². The molecule has 1 aliphatic rings. The van der Waals surface area contributed by atoms with E-state index in [0.717, 1.165) is 123 Å². The van der Waals surface area contributed by atoms with Crippen LogP contribution in [0.5, 0.6) is 0 Å². The Kier molecular flexibility index (Phi) is 75.8. The van der Waals surface area contributed by atoms with Crippen molar-refractivity contribution in [3.05, 3.63) is 448 Å². The Morgan fingerprint density at radius 1 is 0.327 bits per heavy atom. The molecule has 4 amide bonds. The van der Waals surface area contributed by atoms with Crippen LogP contribution in [-0.2, 0) is 67.2 Å². The number of carbonyl (C=O) groups is 4. The van der Waals surface area contributed by atoms with Crippen LogP contribution < -0.4 is 283 Å². The summed E-state index contributed by atoms with van der Waals surface area (Å²) in [6.45, 7) is 16.7. The predicted octanol–water partition coefficient (Wildman–Crippen LogP) is -0.0179. The maximum Gasteiger partial charge on any atom is 1.00 e. The van der Waals surface area contributed by atoms with Crippen LogP contribution in [0.3, 0.4) is 0 Å². The van der Waals surface area contributed by atoms with Gasteiger partial charge in [0.25, 0.3) is 11.4 Å². The normalized spacial score (nSPS) is 10.0. The second-order valence-electron chi connectivity index (χ2n) is 30.0. The molecule has 0 aromatic heterocycles. The summed E-state index contributed by atoms with van der Waals surface area (Å²) < 4.78 is 25.3. The number of nitrogens with one attached hydrogen (secondary N) is 4. The number of hydrogen-bond donors (Lipinski definition) is 4. The van der Waals surface area contributed by atoms with Crippen LogP contribution in [0.15, 0.2) is 261 Å². The number of nitrogens with zero attached hydrogens (tertiary/aromatic N) is 8. The van der Waals surface area contributed by atoms with E-state index in [9.17, 15) is 114 Å². The quantitative estimate of drug-likeness (QED) is 0.0227. The number of nitro groups is 7. The molecule has 746 valence electrons. The third-order valence-electron chi connectivity index (χ3n) is 20.0. The first-order chi connectivity index (χ1) is 65.3. The molecule has 1 heterocycles. The molecule has 0 spiro atoms. The van der Waals surface area contributed by atoms with Crippen molar-refractivity contribution >= 4 is 111 Å². The van der Waals surface area contributed by atoms with Gasteiger partial charge in [0.2, 0.25) is 28.7 Å². The fourth-order valence-corrected chi connectivity index (χ4v) is 12.7. The summed E-state index contributed by atoms with van der Waals surface area (Å²) in [5.41, 5.74) is 10.6. The SMILES string of the molecule is CC1CCN(c2ccccc2[N+](=O)[O-])CC1.Cc1ccc(CNC(=O)c2c([C-]=O)cccc2[N+](=O)[O-])cc1.Cc1ccc(CNC(=O)c2cc([N+](=O)[O-])ccc2[C-]=O)cc1.Cc1ccc(CNC(=O)c2ccc([N+](=O)[O-])cc2[C-]=O)cc1.Cc1ccc(CNC(=O)c2cccc([N+](=O)[O-])c2[C-]=O)cc1.Cc1cccc(Cc2ccc([N+](=O)[O-])cc2[C-]=O)c1.Cc1ccccc1[N+](=O)[O-].O=S(=O)=O.[K+].[K+].[K+].[K+].[K+].[OH-].[OH-].[OH-].[OH-].[OH-]. The van der Waals surface area contributed by atoms with E-state index in [4.69, 9.17) is 12.6 Å². The van der Waals surface area contributed by atoms with E-state index < -0.39 is 70.2 Å².